The van der Waals surface area contributed by atoms with Gasteiger partial charge in [-0.1, -0.05) is 12.1 Å². The minimum absolute atomic E-state index is 0.00839. The summed E-state index contributed by atoms with van der Waals surface area (Å²) in [4.78, 5) is 35.6. The van der Waals surface area contributed by atoms with Crippen molar-refractivity contribution in [1.29, 1.82) is 0 Å². The number of nitrogens with zero attached hydrogens (tertiary/aromatic N) is 1. The minimum Gasteiger partial charge on any atom is -0.481 e. The van der Waals surface area contributed by atoms with Gasteiger partial charge < -0.3 is 15.3 Å². The van der Waals surface area contributed by atoms with E-state index in [0.717, 1.165) is 5.56 Å². The number of nitrogens with one attached hydrogen (secondary N) is 1. The Morgan fingerprint density at radius 2 is 1.81 bits per heavy atom. The zero-order valence-corrected chi connectivity index (χ0v) is 12.0. The molecule has 0 aliphatic heterocycles. The number of carboxylic acid groups (broad SMARTS) is 1. The molecule has 6 heteroatoms. The number of benzene rings is 1. The number of amides is 2. The number of likely N-dealkylation sites (N-methyl/N-ethyl adjacent to an activating group) is 1. The second-order valence-corrected chi connectivity index (χ2v) is 5.44. The van der Waals surface area contributed by atoms with E-state index < -0.39 is 17.8 Å². The van der Waals surface area contributed by atoms with Gasteiger partial charge in [0.15, 0.2) is 0 Å². The highest BCUT2D eigenvalue weighted by Gasteiger charge is 2.48. The molecule has 6 nitrogen and oxygen atoms in total. The van der Waals surface area contributed by atoms with Crippen molar-refractivity contribution in [2.24, 2.45) is 11.8 Å². The van der Waals surface area contributed by atoms with Gasteiger partial charge in [-0.05, 0) is 24.1 Å². The van der Waals surface area contributed by atoms with Gasteiger partial charge >= 0.3 is 5.97 Å². The highest BCUT2D eigenvalue weighted by molar-refractivity contribution is 5.98. The summed E-state index contributed by atoms with van der Waals surface area (Å²) in [5.41, 5.74) is 1.47. The van der Waals surface area contributed by atoms with Gasteiger partial charge in [-0.3, -0.25) is 14.4 Å². The van der Waals surface area contributed by atoms with E-state index >= 15 is 0 Å². The summed E-state index contributed by atoms with van der Waals surface area (Å²) in [7, 11) is 3.40. The van der Waals surface area contributed by atoms with Crippen LogP contribution in [0.2, 0.25) is 0 Å². The predicted octanol–water partition coefficient (Wildman–Crippen LogP) is 0.976. The molecule has 1 aliphatic rings. The van der Waals surface area contributed by atoms with Crippen molar-refractivity contribution in [3.8, 4) is 0 Å². The van der Waals surface area contributed by atoms with Crippen molar-refractivity contribution >= 4 is 23.5 Å². The predicted molar refractivity (Wildman–Crippen MR) is 76.7 cm³/mol. The monoisotopic (exact) mass is 290 g/mol. The fourth-order valence-electron chi connectivity index (χ4n) is 2.03. The lowest BCUT2D eigenvalue weighted by Crippen LogP contribution is -2.23. The smallest absolute Gasteiger partial charge is 0.307 e. The van der Waals surface area contributed by atoms with E-state index in [-0.39, 0.29) is 11.8 Å². The van der Waals surface area contributed by atoms with Crippen LogP contribution in [0.25, 0.3) is 0 Å². The number of rotatable bonds is 5. The number of carboxylic acids is 1. The first kappa shape index (κ1) is 15.0. The molecule has 2 N–H and O–H groups in total. The molecule has 2 amide bonds. The molecule has 1 aliphatic carbocycles. The van der Waals surface area contributed by atoms with E-state index in [4.69, 9.17) is 5.11 Å². The maximum absolute atomic E-state index is 11.8. The first-order chi connectivity index (χ1) is 9.88. The summed E-state index contributed by atoms with van der Waals surface area (Å²) in [6.45, 7) is 0. The largest absolute Gasteiger partial charge is 0.481 e. The average Bonchev–Trinajstić information content (AvgIpc) is 3.21. The van der Waals surface area contributed by atoms with Gasteiger partial charge in [0.25, 0.3) is 0 Å². The van der Waals surface area contributed by atoms with Crippen LogP contribution in [0.3, 0.4) is 0 Å². The van der Waals surface area contributed by atoms with Gasteiger partial charge in [-0.25, -0.2) is 0 Å². The number of hydrogen-bond donors (Lipinski definition) is 2. The van der Waals surface area contributed by atoms with E-state index in [1.807, 2.05) is 0 Å². The second-order valence-electron chi connectivity index (χ2n) is 5.44. The normalized spacial score (nSPS) is 19.7. The summed E-state index contributed by atoms with van der Waals surface area (Å²) in [5.74, 6) is -2.17. The zero-order valence-electron chi connectivity index (χ0n) is 12.0. The van der Waals surface area contributed by atoms with Crippen molar-refractivity contribution in [2.45, 2.75) is 12.8 Å². The highest BCUT2D eigenvalue weighted by Crippen LogP contribution is 2.39. The van der Waals surface area contributed by atoms with E-state index in [9.17, 15) is 14.4 Å². The topological polar surface area (TPSA) is 86.7 Å². The molecule has 1 aromatic rings. The molecular formula is C15H18N2O4. The van der Waals surface area contributed by atoms with E-state index in [1.165, 1.54) is 4.90 Å². The van der Waals surface area contributed by atoms with E-state index in [0.29, 0.717) is 18.5 Å². The molecule has 0 unspecified atom stereocenters. The number of carbonyl (C=O) groups is 3. The van der Waals surface area contributed by atoms with Crippen molar-refractivity contribution in [2.75, 3.05) is 19.4 Å². The Morgan fingerprint density at radius 1 is 1.19 bits per heavy atom. The third-order valence-electron chi connectivity index (χ3n) is 3.52. The fraction of sp³-hybridized carbons (Fsp3) is 0.400. The molecule has 112 valence electrons. The molecule has 1 aromatic carbocycles. The van der Waals surface area contributed by atoms with Crippen molar-refractivity contribution in [1.82, 2.24) is 4.90 Å². The number of carbonyl (C=O) groups excluding carboxylic acids is 2. The molecule has 0 bridgehead atoms. The second kappa shape index (κ2) is 5.95. The third-order valence-corrected chi connectivity index (χ3v) is 3.52. The van der Waals surface area contributed by atoms with Crippen LogP contribution in [0.15, 0.2) is 24.3 Å². The van der Waals surface area contributed by atoms with Crippen molar-refractivity contribution in [3.63, 3.8) is 0 Å². The Kier molecular flexibility index (Phi) is 4.26. The Morgan fingerprint density at radius 3 is 2.29 bits per heavy atom. The van der Waals surface area contributed by atoms with Gasteiger partial charge in [-0.15, -0.1) is 0 Å². The van der Waals surface area contributed by atoms with Crippen LogP contribution < -0.4 is 5.32 Å². The maximum Gasteiger partial charge on any atom is 0.307 e. The van der Waals surface area contributed by atoms with Crippen LogP contribution >= 0.6 is 0 Å². The Labute approximate surface area is 122 Å². The lowest BCUT2D eigenvalue weighted by molar-refractivity contribution is -0.139. The molecule has 0 radical (unpaired) electrons. The number of anilines is 1. The first-order valence-electron chi connectivity index (χ1n) is 6.71. The van der Waals surface area contributed by atoms with Crippen LogP contribution in [-0.4, -0.2) is 41.9 Å². The molecule has 0 spiro atoms. The Balaban J connectivity index is 1.90. The molecule has 0 aromatic heterocycles. The summed E-state index contributed by atoms with van der Waals surface area (Å²) < 4.78 is 0. The molecule has 1 fully saturated rings. The van der Waals surface area contributed by atoms with E-state index in [2.05, 4.69) is 5.32 Å². The van der Waals surface area contributed by atoms with Gasteiger partial charge in [0.2, 0.25) is 11.8 Å². The molecule has 21 heavy (non-hydrogen) atoms. The molecule has 2 rings (SSSR count). The minimum atomic E-state index is -0.923. The van der Waals surface area contributed by atoms with Gasteiger partial charge in [0.05, 0.1) is 18.3 Å². The molecule has 0 heterocycles. The highest BCUT2D eigenvalue weighted by atomic mass is 16.4. The molecule has 0 saturated heterocycles. The fourth-order valence-corrected chi connectivity index (χ4v) is 2.03. The summed E-state index contributed by atoms with van der Waals surface area (Å²) in [6.07, 6.45) is 0.710. The zero-order chi connectivity index (χ0) is 15.6. The van der Waals surface area contributed by atoms with Gasteiger partial charge in [0.1, 0.15) is 0 Å². The van der Waals surface area contributed by atoms with Gasteiger partial charge in [0, 0.05) is 19.8 Å². The van der Waals surface area contributed by atoms with Crippen molar-refractivity contribution in [3.05, 3.63) is 29.8 Å². The SMILES string of the molecule is CN(C)C(=O)Cc1ccc(NC(=O)[C@@H]2C[C@@H]2C(=O)O)cc1. The lowest BCUT2D eigenvalue weighted by atomic mass is 10.1. The van der Waals surface area contributed by atoms with Crippen LogP contribution in [0.5, 0.6) is 0 Å². The average molecular weight is 290 g/mol. The first-order valence-corrected chi connectivity index (χ1v) is 6.71. The van der Waals surface area contributed by atoms with Crippen molar-refractivity contribution < 1.29 is 19.5 Å². The maximum atomic E-state index is 11.8. The van der Waals surface area contributed by atoms with Gasteiger partial charge in [-0.2, -0.15) is 0 Å². The number of hydrogen-bond acceptors (Lipinski definition) is 3. The van der Waals surface area contributed by atoms with Crippen LogP contribution in [0.1, 0.15) is 12.0 Å². The number of aliphatic carboxylic acids is 1. The lowest BCUT2D eigenvalue weighted by Gasteiger charge is -2.10. The Bertz CT molecular complexity index is 566. The molecular weight excluding hydrogens is 272 g/mol. The summed E-state index contributed by atoms with van der Waals surface area (Å²) in [5, 5.41) is 11.5. The Hall–Kier alpha value is -2.37. The molecule has 1 saturated carbocycles. The molecule has 2 atom stereocenters. The summed E-state index contributed by atoms with van der Waals surface area (Å²) in [6, 6.07) is 6.99. The standard InChI is InChI=1S/C15H18N2O4/c1-17(2)13(18)7-9-3-5-10(6-4-9)16-14(19)11-8-12(11)15(20)21/h3-6,11-12H,7-8H2,1-2H3,(H,16,19)(H,20,21)/t11-,12+/m1/s1. The quantitative estimate of drug-likeness (QED) is 0.846. The third kappa shape index (κ3) is 3.81. The van der Waals surface area contributed by atoms with Crippen LogP contribution in [-0.2, 0) is 20.8 Å². The summed E-state index contributed by atoms with van der Waals surface area (Å²) >= 11 is 0. The van der Waals surface area contributed by atoms with Crippen LogP contribution in [0.4, 0.5) is 5.69 Å². The van der Waals surface area contributed by atoms with Crippen LogP contribution in [0, 0.1) is 11.8 Å². The van der Waals surface area contributed by atoms with E-state index in [1.54, 1.807) is 38.4 Å².